The van der Waals surface area contributed by atoms with Gasteiger partial charge in [0.15, 0.2) is 0 Å². The van der Waals surface area contributed by atoms with Gasteiger partial charge in [-0.15, -0.1) is 0 Å². The molecule has 0 radical (unpaired) electrons. The van der Waals surface area contributed by atoms with Crippen LogP contribution in [0.1, 0.15) is 37.5 Å². The molecule has 0 spiro atoms. The highest BCUT2D eigenvalue weighted by molar-refractivity contribution is 6.25. The van der Waals surface area contributed by atoms with Crippen molar-refractivity contribution in [3.63, 3.8) is 0 Å². The summed E-state index contributed by atoms with van der Waals surface area (Å²) in [6, 6.07) is 24.8. The number of benzodiazepines with no additional fused rings is 1. The number of carbonyl (C=O) groups is 3. The summed E-state index contributed by atoms with van der Waals surface area (Å²) in [4.78, 5) is 52.2. The Bertz CT molecular complexity index is 1570. The number of nitrogens with zero attached hydrogens (tertiary/aromatic N) is 4. The van der Waals surface area contributed by atoms with E-state index in [1.165, 1.54) is 11.0 Å². The first-order chi connectivity index (χ1) is 18.0. The van der Waals surface area contributed by atoms with Crippen LogP contribution in [0.4, 0.5) is 10.1 Å². The second-order valence-corrected chi connectivity index (χ2v) is 8.62. The van der Waals surface area contributed by atoms with Gasteiger partial charge in [-0.3, -0.25) is 19.4 Å². The van der Waals surface area contributed by atoms with Crippen LogP contribution in [-0.2, 0) is 11.3 Å². The van der Waals surface area contributed by atoms with Gasteiger partial charge in [-0.2, -0.15) is 0 Å². The van der Waals surface area contributed by atoms with Gasteiger partial charge in [0, 0.05) is 17.3 Å². The van der Waals surface area contributed by atoms with Crippen molar-refractivity contribution in [2.24, 2.45) is 4.99 Å². The summed E-state index contributed by atoms with van der Waals surface area (Å²) in [6.45, 7) is 0.0659. The molecule has 0 saturated carbocycles. The van der Waals surface area contributed by atoms with Crippen molar-refractivity contribution in [2.75, 3.05) is 4.90 Å². The fraction of sp³-hybridized carbons (Fsp3) is 0.0690. The molecule has 8 heteroatoms. The number of pyridine rings is 1. The summed E-state index contributed by atoms with van der Waals surface area (Å²) in [5.74, 6) is -2.39. The number of benzene rings is 3. The van der Waals surface area contributed by atoms with Crippen LogP contribution in [0.15, 0.2) is 102 Å². The second kappa shape index (κ2) is 8.91. The van der Waals surface area contributed by atoms with Crippen LogP contribution in [0.3, 0.4) is 0 Å². The van der Waals surface area contributed by atoms with Gasteiger partial charge in [-0.25, -0.2) is 14.3 Å². The molecule has 180 valence electrons. The van der Waals surface area contributed by atoms with E-state index in [1.807, 2.05) is 0 Å². The zero-order chi connectivity index (χ0) is 25.5. The minimum atomic E-state index is -1.54. The van der Waals surface area contributed by atoms with Crippen molar-refractivity contribution in [3.8, 4) is 0 Å². The Labute approximate surface area is 211 Å². The predicted molar refractivity (Wildman–Crippen MR) is 135 cm³/mol. The first-order valence-electron chi connectivity index (χ1n) is 11.6. The molecule has 2 aliphatic rings. The van der Waals surface area contributed by atoms with E-state index < -0.39 is 29.7 Å². The van der Waals surface area contributed by atoms with Crippen LogP contribution in [0.2, 0.25) is 0 Å². The average molecular weight is 490 g/mol. The van der Waals surface area contributed by atoms with Crippen molar-refractivity contribution in [1.82, 2.24) is 9.88 Å². The summed E-state index contributed by atoms with van der Waals surface area (Å²) in [7, 11) is 0. The van der Waals surface area contributed by atoms with Crippen LogP contribution >= 0.6 is 0 Å². The molecule has 0 N–H and O–H groups in total. The molecule has 7 nitrogen and oxygen atoms in total. The number of imide groups is 1. The molecule has 37 heavy (non-hydrogen) atoms. The maximum absolute atomic E-state index is 15.1. The lowest BCUT2D eigenvalue weighted by Gasteiger charge is -2.28. The topological polar surface area (TPSA) is 82.9 Å². The van der Waals surface area contributed by atoms with Gasteiger partial charge >= 0.3 is 0 Å². The molecule has 3 amide bonds. The van der Waals surface area contributed by atoms with Crippen LogP contribution in [0.5, 0.6) is 0 Å². The summed E-state index contributed by atoms with van der Waals surface area (Å²) >= 11 is 0. The second-order valence-electron chi connectivity index (χ2n) is 8.62. The van der Waals surface area contributed by atoms with Crippen LogP contribution in [-0.4, -0.2) is 39.5 Å². The number of hydrogen-bond acceptors (Lipinski definition) is 5. The van der Waals surface area contributed by atoms with E-state index in [2.05, 4.69) is 9.98 Å². The van der Waals surface area contributed by atoms with Gasteiger partial charge in [0.25, 0.3) is 17.7 Å². The minimum Gasteiger partial charge on any atom is -0.302 e. The first-order valence-corrected chi connectivity index (χ1v) is 11.6. The lowest BCUT2D eigenvalue weighted by molar-refractivity contribution is -0.122. The smallest absolute Gasteiger partial charge is 0.273 e. The summed E-state index contributed by atoms with van der Waals surface area (Å²) in [5, 5.41) is 0. The summed E-state index contributed by atoms with van der Waals surface area (Å²) in [6.07, 6.45) is 0.0741. The van der Waals surface area contributed by atoms with Crippen molar-refractivity contribution < 1.29 is 18.8 Å². The van der Waals surface area contributed by atoms with Crippen molar-refractivity contribution in [1.29, 1.82) is 0 Å². The third kappa shape index (κ3) is 3.70. The lowest BCUT2D eigenvalue weighted by Crippen LogP contribution is -2.49. The number of para-hydroxylation sites is 1. The number of anilines is 1. The Morgan fingerprint density at radius 2 is 1.30 bits per heavy atom. The molecule has 2 aliphatic heterocycles. The van der Waals surface area contributed by atoms with E-state index in [4.69, 9.17) is 0 Å². The van der Waals surface area contributed by atoms with Gasteiger partial charge in [-0.1, -0.05) is 48.5 Å². The largest absolute Gasteiger partial charge is 0.302 e. The quantitative estimate of drug-likeness (QED) is 0.401. The Hall–Kier alpha value is -4.98. The van der Waals surface area contributed by atoms with E-state index in [-0.39, 0.29) is 28.9 Å². The molecule has 1 atom stereocenters. The maximum atomic E-state index is 15.1. The molecule has 3 aromatic carbocycles. The van der Waals surface area contributed by atoms with E-state index in [0.717, 1.165) is 4.90 Å². The zero-order valence-electron chi connectivity index (χ0n) is 19.4. The molecule has 6 rings (SSSR count). The van der Waals surface area contributed by atoms with E-state index >= 15 is 4.39 Å². The molecule has 0 bridgehead atoms. The van der Waals surface area contributed by atoms with Crippen molar-refractivity contribution >= 4 is 29.1 Å². The lowest BCUT2D eigenvalue weighted by atomic mass is 9.99. The van der Waals surface area contributed by atoms with Crippen molar-refractivity contribution in [3.05, 3.63) is 131 Å². The highest BCUT2D eigenvalue weighted by Crippen LogP contribution is 2.33. The Balaban J connectivity index is 1.57. The molecule has 1 aromatic heterocycles. The summed E-state index contributed by atoms with van der Waals surface area (Å²) in [5.41, 5.74) is 2.29. The zero-order valence-corrected chi connectivity index (χ0v) is 19.4. The standard InChI is InChI=1S/C29H19FN4O3/c30-23-14-5-3-12-21(23)25-22-13-4-6-15-24(22)33(17-18-9-7-8-16-31-18)29(37)26(32-25)34-27(35)19-10-1-2-11-20(19)28(34)36/h1-16,26H,17H2. The fourth-order valence-electron chi connectivity index (χ4n) is 4.70. The molecule has 4 aromatic rings. The van der Waals surface area contributed by atoms with E-state index in [9.17, 15) is 14.4 Å². The number of amides is 3. The van der Waals surface area contributed by atoms with Gasteiger partial charge in [0.05, 0.1) is 34.8 Å². The molecular weight excluding hydrogens is 471 g/mol. The van der Waals surface area contributed by atoms with Crippen LogP contribution < -0.4 is 4.90 Å². The molecule has 3 heterocycles. The number of aromatic nitrogens is 1. The third-order valence-corrected chi connectivity index (χ3v) is 6.43. The van der Waals surface area contributed by atoms with Gasteiger partial charge in [-0.05, 0) is 42.5 Å². The van der Waals surface area contributed by atoms with Crippen molar-refractivity contribution in [2.45, 2.75) is 12.7 Å². The first kappa shape index (κ1) is 22.5. The van der Waals surface area contributed by atoms with E-state index in [1.54, 1.807) is 91.1 Å². The number of aliphatic imine (C=N–C) groups is 1. The van der Waals surface area contributed by atoms with Gasteiger partial charge in [0.1, 0.15) is 5.82 Å². The maximum Gasteiger partial charge on any atom is 0.273 e. The Morgan fingerprint density at radius 3 is 1.95 bits per heavy atom. The van der Waals surface area contributed by atoms with Crippen LogP contribution in [0.25, 0.3) is 0 Å². The number of rotatable bonds is 4. The fourth-order valence-corrected chi connectivity index (χ4v) is 4.70. The SMILES string of the molecule is O=C1C(N2C(=O)c3ccccc3C2=O)N=C(c2ccccc2F)c2ccccc2N1Cc1ccccn1. The summed E-state index contributed by atoms with van der Waals surface area (Å²) < 4.78 is 15.1. The third-order valence-electron chi connectivity index (χ3n) is 6.43. The highest BCUT2D eigenvalue weighted by atomic mass is 19.1. The van der Waals surface area contributed by atoms with E-state index in [0.29, 0.717) is 16.9 Å². The molecular formula is C29H19FN4O3. The highest BCUT2D eigenvalue weighted by Gasteiger charge is 2.46. The van der Waals surface area contributed by atoms with Gasteiger partial charge in [0.2, 0.25) is 6.17 Å². The number of fused-ring (bicyclic) bond motifs is 2. The average Bonchev–Trinajstić information content (AvgIpc) is 3.12. The predicted octanol–water partition coefficient (Wildman–Crippen LogP) is 4.23. The molecule has 1 unspecified atom stereocenters. The number of halogens is 1. The molecule has 0 saturated heterocycles. The Morgan fingerprint density at radius 1 is 0.703 bits per heavy atom. The Kier molecular flexibility index (Phi) is 5.41. The number of hydrogen-bond donors (Lipinski definition) is 0. The van der Waals surface area contributed by atoms with Crippen LogP contribution in [0, 0.1) is 5.82 Å². The monoisotopic (exact) mass is 490 g/mol. The molecule has 0 aliphatic carbocycles. The molecule has 0 fully saturated rings. The number of carbonyl (C=O) groups excluding carboxylic acids is 3. The minimum absolute atomic E-state index is 0.0659. The van der Waals surface area contributed by atoms with Gasteiger partial charge < -0.3 is 4.90 Å². The normalized spacial score (nSPS) is 16.8.